The van der Waals surface area contributed by atoms with Gasteiger partial charge in [-0.25, -0.2) is 0 Å². The Morgan fingerprint density at radius 2 is 2.00 bits per heavy atom. The Labute approximate surface area is 146 Å². The number of hydrogen-bond donors (Lipinski definition) is 2. The maximum absolute atomic E-state index is 4.64. The van der Waals surface area contributed by atoms with Gasteiger partial charge < -0.3 is 10.6 Å². The van der Waals surface area contributed by atoms with Gasteiger partial charge in [-0.3, -0.25) is 4.99 Å². The van der Waals surface area contributed by atoms with Crippen LogP contribution in [0.1, 0.15) is 36.5 Å². The van der Waals surface area contributed by atoms with E-state index < -0.39 is 0 Å². The van der Waals surface area contributed by atoms with Crippen LogP contribution in [-0.4, -0.2) is 25.6 Å². The molecule has 1 aromatic rings. The summed E-state index contributed by atoms with van der Waals surface area (Å²) in [7, 11) is 0. The zero-order valence-electron chi connectivity index (χ0n) is 13.4. The van der Waals surface area contributed by atoms with Gasteiger partial charge >= 0.3 is 0 Å². The molecule has 0 bridgehead atoms. The number of aliphatic imine (C=N–C) groups is 1. The second-order valence-corrected chi connectivity index (χ2v) is 5.77. The molecule has 21 heavy (non-hydrogen) atoms. The summed E-state index contributed by atoms with van der Waals surface area (Å²) in [5, 5.41) is 6.75. The average Bonchev–Trinajstić information content (AvgIpc) is 3.22. The second-order valence-electron chi connectivity index (χ2n) is 5.77. The summed E-state index contributed by atoms with van der Waals surface area (Å²) in [6.45, 7) is 9.26. The third kappa shape index (κ3) is 6.68. The van der Waals surface area contributed by atoms with Crippen LogP contribution in [0.25, 0.3) is 0 Å². The highest BCUT2D eigenvalue weighted by atomic mass is 127. The number of aryl methyl sites for hydroxylation is 2. The maximum atomic E-state index is 4.64. The fourth-order valence-corrected chi connectivity index (χ4v) is 2.30. The monoisotopic (exact) mass is 401 g/mol. The quantitative estimate of drug-likeness (QED) is 0.435. The van der Waals surface area contributed by atoms with E-state index in [1.54, 1.807) is 0 Å². The van der Waals surface area contributed by atoms with Crippen molar-refractivity contribution >= 4 is 29.9 Å². The Kier molecular flexibility index (Phi) is 8.07. The van der Waals surface area contributed by atoms with E-state index in [2.05, 4.69) is 54.6 Å². The first-order valence-electron chi connectivity index (χ1n) is 7.77. The molecule has 118 valence electrons. The van der Waals surface area contributed by atoms with Crippen molar-refractivity contribution in [2.75, 3.05) is 19.6 Å². The molecule has 0 aromatic heterocycles. The van der Waals surface area contributed by atoms with Crippen molar-refractivity contribution in [2.24, 2.45) is 10.9 Å². The highest BCUT2D eigenvalue weighted by molar-refractivity contribution is 14.0. The first-order valence-corrected chi connectivity index (χ1v) is 7.77. The lowest BCUT2D eigenvalue weighted by Crippen LogP contribution is -2.38. The summed E-state index contributed by atoms with van der Waals surface area (Å²) >= 11 is 0. The molecule has 1 aromatic carbocycles. The van der Waals surface area contributed by atoms with Gasteiger partial charge in [0.2, 0.25) is 0 Å². The second kappa shape index (κ2) is 9.28. The highest BCUT2D eigenvalue weighted by Gasteiger charge is 2.20. The first-order chi connectivity index (χ1) is 9.69. The summed E-state index contributed by atoms with van der Waals surface area (Å²) in [6, 6.07) is 6.68. The van der Waals surface area contributed by atoms with Crippen molar-refractivity contribution < 1.29 is 0 Å². The molecule has 4 heteroatoms. The van der Waals surface area contributed by atoms with Gasteiger partial charge in [-0.1, -0.05) is 23.8 Å². The predicted octanol–water partition coefficient (Wildman–Crippen LogP) is 3.43. The van der Waals surface area contributed by atoms with Gasteiger partial charge in [0.05, 0.1) is 0 Å². The van der Waals surface area contributed by atoms with Crippen LogP contribution < -0.4 is 10.6 Å². The van der Waals surface area contributed by atoms with Crippen LogP contribution in [0.15, 0.2) is 23.2 Å². The zero-order valence-corrected chi connectivity index (χ0v) is 15.7. The van der Waals surface area contributed by atoms with E-state index in [-0.39, 0.29) is 24.0 Å². The SMILES string of the molecule is CCNC(=NCC1CC1)NCCc1ccc(C)cc1C.I. The summed E-state index contributed by atoms with van der Waals surface area (Å²) in [5.74, 6) is 1.80. The zero-order chi connectivity index (χ0) is 14.4. The van der Waals surface area contributed by atoms with E-state index in [1.165, 1.54) is 29.5 Å². The Bertz CT molecular complexity index is 467. The summed E-state index contributed by atoms with van der Waals surface area (Å²) in [4.78, 5) is 4.64. The molecule has 0 unspecified atom stereocenters. The molecule has 1 aliphatic rings. The molecule has 0 heterocycles. The van der Waals surface area contributed by atoms with E-state index >= 15 is 0 Å². The Morgan fingerprint density at radius 3 is 2.62 bits per heavy atom. The van der Waals surface area contributed by atoms with Crippen molar-refractivity contribution in [3.8, 4) is 0 Å². The van der Waals surface area contributed by atoms with Crippen LogP contribution >= 0.6 is 24.0 Å². The lowest BCUT2D eigenvalue weighted by Gasteiger charge is -2.12. The van der Waals surface area contributed by atoms with Gasteiger partial charge in [0.15, 0.2) is 5.96 Å². The molecule has 1 aliphatic carbocycles. The third-order valence-electron chi connectivity index (χ3n) is 3.73. The van der Waals surface area contributed by atoms with Gasteiger partial charge in [-0.05, 0) is 57.1 Å². The fourth-order valence-electron chi connectivity index (χ4n) is 2.30. The van der Waals surface area contributed by atoms with Gasteiger partial charge in [-0.2, -0.15) is 0 Å². The number of nitrogens with one attached hydrogen (secondary N) is 2. The molecule has 3 nitrogen and oxygen atoms in total. The molecule has 1 saturated carbocycles. The van der Waals surface area contributed by atoms with Crippen LogP contribution in [-0.2, 0) is 6.42 Å². The Balaban J connectivity index is 0.00000220. The first kappa shape index (κ1) is 18.3. The molecule has 0 saturated heterocycles. The number of halogens is 1. The summed E-state index contributed by atoms with van der Waals surface area (Å²) < 4.78 is 0. The fraction of sp³-hybridized carbons (Fsp3) is 0.588. The number of nitrogens with zero attached hydrogens (tertiary/aromatic N) is 1. The minimum atomic E-state index is 0. The smallest absolute Gasteiger partial charge is 0.191 e. The standard InChI is InChI=1S/C17H27N3.HI/c1-4-18-17(20-12-15-6-7-15)19-10-9-16-8-5-13(2)11-14(16)3;/h5,8,11,15H,4,6-7,9-10,12H2,1-3H3,(H2,18,19,20);1H. The lowest BCUT2D eigenvalue weighted by molar-refractivity contribution is 0.775. The van der Waals surface area contributed by atoms with Gasteiger partial charge in [0, 0.05) is 19.6 Å². The third-order valence-corrected chi connectivity index (χ3v) is 3.73. The molecule has 0 spiro atoms. The van der Waals surface area contributed by atoms with Crippen molar-refractivity contribution in [1.29, 1.82) is 0 Å². The lowest BCUT2D eigenvalue weighted by atomic mass is 10.0. The minimum absolute atomic E-state index is 0. The molecular weight excluding hydrogens is 373 g/mol. The van der Waals surface area contributed by atoms with Gasteiger partial charge in [-0.15, -0.1) is 24.0 Å². The van der Waals surface area contributed by atoms with Crippen molar-refractivity contribution in [3.05, 3.63) is 34.9 Å². The van der Waals surface area contributed by atoms with Gasteiger partial charge in [0.25, 0.3) is 0 Å². The number of hydrogen-bond acceptors (Lipinski definition) is 1. The van der Waals surface area contributed by atoms with Crippen LogP contribution in [0.2, 0.25) is 0 Å². The van der Waals surface area contributed by atoms with E-state index in [0.29, 0.717) is 0 Å². The molecular formula is C17H28IN3. The average molecular weight is 401 g/mol. The molecule has 0 atom stereocenters. The molecule has 2 N–H and O–H groups in total. The number of benzene rings is 1. The topological polar surface area (TPSA) is 36.4 Å². The minimum Gasteiger partial charge on any atom is -0.357 e. The van der Waals surface area contributed by atoms with Crippen LogP contribution in [0.4, 0.5) is 0 Å². The van der Waals surface area contributed by atoms with Crippen molar-refractivity contribution in [2.45, 2.75) is 40.0 Å². The van der Waals surface area contributed by atoms with E-state index in [0.717, 1.165) is 37.9 Å². The molecule has 0 radical (unpaired) electrons. The van der Waals surface area contributed by atoms with Crippen LogP contribution in [0.5, 0.6) is 0 Å². The van der Waals surface area contributed by atoms with E-state index in [9.17, 15) is 0 Å². The van der Waals surface area contributed by atoms with Crippen molar-refractivity contribution in [3.63, 3.8) is 0 Å². The Hall–Kier alpha value is -0.780. The molecule has 2 rings (SSSR count). The molecule has 1 fully saturated rings. The largest absolute Gasteiger partial charge is 0.357 e. The highest BCUT2D eigenvalue weighted by Crippen LogP contribution is 2.28. The summed E-state index contributed by atoms with van der Waals surface area (Å²) in [6.07, 6.45) is 3.75. The molecule has 0 amide bonds. The summed E-state index contributed by atoms with van der Waals surface area (Å²) in [5.41, 5.74) is 4.13. The normalized spacial score (nSPS) is 14.5. The molecule has 0 aliphatic heterocycles. The van der Waals surface area contributed by atoms with Crippen LogP contribution in [0, 0.1) is 19.8 Å². The number of guanidine groups is 1. The van der Waals surface area contributed by atoms with Crippen molar-refractivity contribution in [1.82, 2.24) is 10.6 Å². The van der Waals surface area contributed by atoms with Gasteiger partial charge in [0.1, 0.15) is 0 Å². The maximum Gasteiger partial charge on any atom is 0.191 e. The number of rotatable bonds is 6. The predicted molar refractivity (Wildman–Crippen MR) is 102 cm³/mol. The van der Waals surface area contributed by atoms with E-state index in [4.69, 9.17) is 0 Å². The van der Waals surface area contributed by atoms with Crippen LogP contribution in [0.3, 0.4) is 0 Å². The van der Waals surface area contributed by atoms with E-state index in [1.807, 2.05) is 0 Å². The Morgan fingerprint density at radius 1 is 1.24 bits per heavy atom.